The summed E-state index contributed by atoms with van der Waals surface area (Å²) in [4.78, 5) is 0. The van der Waals surface area contributed by atoms with E-state index < -0.39 is 0 Å². The fourth-order valence-electron chi connectivity index (χ4n) is 11.6. The molecule has 2 aliphatic rings. The lowest BCUT2D eigenvalue weighted by molar-refractivity contribution is 1.46. The maximum Gasteiger partial charge on any atom is -0.000708 e. The number of hydrogen-bond donors (Lipinski definition) is 0. The number of aryl methyl sites for hydroxylation is 2. The summed E-state index contributed by atoms with van der Waals surface area (Å²) in [5.41, 5.74) is 18.5. The summed E-state index contributed by atoms with van der Waals surface area (Å²) < 4.78 is 0. The third-order valence-electron chi connectivity index (χ3n) is 14.1. The van der Waals surface area contributed by atoms with Crippen molar-refractivity contribution in [3.8, 4) is 66.8 Å². The first-order chi connectivity index (χ1) is 29.6. The summed E-state index contributed by atoms with van der Waals surface area (Å²) >= 11 is 0. The molecule has 0 saturated carbocycles. The van der Waals surface area contributed by atoms with Crippen LogP contribution in [-0.4, -0.2) is 0 Å². The number of hydrogen-bond acceptors (Lipinski definition) is 0. The molecule has 2 aliphatic carbocycles. The molecule has 0 heteroatoms. The first-order valence-electron chi connectivity index (χ1n) is 21.2. The number of rotatable bonds is 2. The van der Waals surface area contributed by atoms with Gasteiger partial charge in [-0.15, -0.1) is 0 Å². The lowest BCUT2D eigenvalue weighted by atomic mass is 9.79. The Bertz CT molecular complexity index is 3950. The predicted molar refractivity (Wildman–Crippen MR) is 258 cm³/mol. The topological polar surface area (TPSA) is 0 Å². The molecule has 60 heavy (non-hydrogen) atoms. The molecule has 12 aromatic carbocycles. The Kier molecular flexibility index (Phi) is 6.25. The summed E-state index contributed by atoms with van der Waals surface area (Å²) in [6, 6.07) is 69.2. The summed E-state index contributed by atoms with van der Waals surface area (Å²) in [7, 11) is 0. The highest BCUT2D eigenvalue weighted by Gasteiger charge is 2.33. The first-order valence-corrected chi connectivity index (χ1v) is 21.2. The second kappa shape index (κ2) is 11.6. The molecule has 14 rings (SSSR count). The highest BCUT2D eigenvalue weighted by molar-refractivity contribution is 6.35. The van der Waals surface area contributed by atoms with Crippen LogP contribution in [0.25, 0.3) is 142 Å². The van der Waals surface area contributed by atoms with Gasteiger partial charge in [-0.25, -0.2) is 0 Å². The molecule has 0 N–H and O–H groups in total. The zero-order valence-corrected chi connectivity index (χ0v) is 33.3. The summed E-state index contributed by atoms with van der Waals surface area (Å²) in [6.45, 7) is 4.56. The molecule has 0 radical (unpaired) electrons. The van der Waals surface area contributed by atoms with Crippen LogP contribution >= 0.6 is 0 Å². The average molecular weight is 757 g/mol. The van der Waals surface area contributed by atoms with Crippen LogP contribution in [0.2, 0.25) is 0 Å². The minimum atomic E-state index is 1.27. The fraction of sp³-hybridized carbons (Fsp3) is 0.0333. The molecule has 0 unspecified atom stereocenters. The second-order valence-corrected chi connectivity index (χ2v) is 17.1. The molecule has 0 saturated heterocycles. The van der Waals surface area contributed by atoms with E-state index >= 15 is 0 Å². The van der Waals surface area contributed by atoms with Gasteiger partial charge in [-0.1, -0.05) is 158 Å². The van der Waals surface area contributed by atoms with E-state index in [1.165, 1.54) is 153 Å². The summed E-state index contributed by atoms with van der Waals surface area (Å²) in [5, 5.41) is 18.4. The monoisotopic (exact) mass is 756 g/mol. The van der Waals surface area contributed by atoms with Gasteiger partial charge in [0.1, 0.15) is 0 Å². The molecular weight excluding hydrogens is 721 g/mol. The third kappa shape index (κ3) is 4.06. The lowest BCUT2D eigenvalue weighted by Crippen LogP contribution is -1.97. The van der Waals surface area contributed by atoms with Crippen molar-refractivity contribution < 1.29 is 0 Å². The van der Waals surface area contributed by atoms with Crippen LogP contribution in [0.15, 0.2) is 182 Å². The molecule has 12 aromatic rings. The van der Waals surface area contributed by atoms with Crippen LogP contribution in [0.5, 0.6) is 0 Å². The number of benzene rings is 12. The smallest absolute Gasteiger partial charge is 0.000708 e. The lowest BCUT2D eigenvalue weighted by Gasteiger charge is -2.23. The van der Waals surface area contributed by atoms with Gasteiger partial charge in [0.25, 0.3) is 0 Å². The maximum absolute atomic E-state index is 2.51. The highest BCUT2D eigenvalue weighted by Crippen LogP contribution is 2.60. The van der Waals surface area contributed by atoms with Crippen LogP contribution in [0.4, 0.5) is 0 Å². The van der Waals surface area contributed by atoms with E-state index in [0.717, 1.165) is 0 Å². The molecule has 0 aromatic heterocycles. The zero-order chi connectivity index (χ0) is 39.4. The largest absolute Gasteiger partial charge is 0.0620 e. The Morgan fingerprint density at radius 3 is 1.40 bits per heavy atom. The van der Waals surface area contributed by atoms with Gasteiger partial charge in [0.05, 0.1) is 0 Å². The Balaban J connectivity index is 1.18. The molecule has 0 spiro atoms. The maximum atomic E-state index is 2.51. The third-order valence-corrected chi connectivity index (χ3v) is 14.1. The van der Waals surface area contributed by atoms with Gasteiger partial charge < -0.3 is 0 Å². The minimum absolute atomic E-state index is 1.27. The van der Waals surface area contributed by atoms with E-state index in [4.69, 9.17) is 0 Å². The SMILES string of the molecule is Cc1ccccc1-c1c2c(c(-c3ccccc3C)c3c1ccc1c4cc5c(cc4ccc13)-c1cccc3c1c-5cc1ccccc13)-c1cccc3c1c-2cc1ccccc13. The van der Waals surface area contributed by atoms with Gasteiger partial charge in [-0.3, -0.25) is 0 Å². The van der Waals surface area contributed by atoms with Crippen LogP contribution in [-0.2, 0) is 0 Å². The van der Waals surface area contributed by atoms with Crippen molar-refractivity contribution in [1.82, 2.24) is 0 Å². The van der Waals surface area contributed by atoms with E-state index in [0.29, 0.717) is 0 Å². The van der Waals surface area contributed by atoms with Gasteiger partial charge in [0, 0.05) is 0 Å². The van der Waals surface area contributed by atoms with E-state index in [9.17, 15) is 0 Å². The van der Waals surface area contributed by atoms with E-state index in [-0.39, 0.29) is 0 Å². The Hall–Kier alpha value is -7.54. The number of fused-ring (bicyclic) bond motifs is 15. The molecule has 276 valence electrons. The molecular formula is C60H36. The molecule has 0 nitrogen and oxygen atoms in total. The minimum Gasteiger partial charge on any atom is -0.0620 e. The Labute approximate surface area is 347 Å². The van der Waals surface area contributed by atoms with Crippen molar-refractivity contribution >= 4 is 75.4 Å². The van der Waals surface area contributed by atoms with Gasteiger partial charge in [0.2, 0.25) is 0 Å². The van der Waals surface area contributed by atoms with Crippen LogP contribution < -0.4 is 0 Å². The molecule has 0 aliphatic heterocycles. The molecule has 0 atom stereocenters. The summed E-state index contributed by atoms with van der Waals surface area (Å²) in [5.74, 6) is 0. The van der Waals surface area contributed by atoms with Gasteiger partial charge in [-0.05, 0) is 191 Å². The van der Waals surface area contributed by atoms with Crippen LogP contribution in [0.3, 0.4) is 0 Å². The second-order valence-electron chi connectivity index (χ2n) is 17.1. The highest BCUT2D eigenvalue weighted by atomic mass is 14.4. The Morgan fingerprint density at radius 2 is 0.683 bits per heavy atom. The molecule has 0 heterocycles. The van der Waals surface area contributed by atoms with Crippen molar-refractivity contribution in [1.29, 1.82) is 0 Å². The van der Waals surface area contributed by atoms with Crippen LogP contribution in [0.1, 0.15) is 11.1 Å². The van der Waals surface area contributed by atoms with Gasteiger partial charge in [-0.2, -0.15) is 0 Å². The van der Waals surface area contributed by atoms with Crippen molar-refractivity contribution in [2.24, 2.45) is 0 Å². The van der Waals surface area contributed by atoms with Crippen molar-refractivity contribution in [2.45, 2.75) is 13.8 Å². The first kappa shape index (κ1) is 32.4. The van der Waals surface area contributed by atoms with E-state index in [1.807, 2.05) is 0 Å². The predicted octanol–water partition coefficient (Wildman–Crippen LogP) is 17.0. The van der Waals surface area contributed by atoms with Gasteiger partial charge >= 0.3 is 0 Å². The van der Waals surface area contributed by atoms with E-state index in [1.54, 1.807) is 0 Å². The van der Waals surface area contributed by atoms with Crippen molar-refractivity contribution in [3.63, 3.8) is 0 Å². The average Bonchev–Trinajstić information content (AvgIpc) is 3.78. The molecule has 0 bridgehead atoms. The van der Waals surface area contributed by atoms with Crippen molar-refractivity contribution in [3.05, 3.63) is 193 Å². The molecule has 0 amide bonds. The zero-order valence-electron chi connectivity index (χ0n) is 33.3. The van der Waals surface area contributed by atoms with E-state index in [2.05, 4.69) is 196 Å². The standard InChI is InChI=1S/C60H36/c1-33-13-3-7-17-38(33)56-48-28-27-42-46(26-25-37-29-50-45-23-11-21-43-40-19-9-5-15-35(40)30-52(54(43)45)51(50)32-49(37)42)57(48)58(39-18-8-4-14-34(39)2)59-47-24-12-22-44-41-20-10-6-16-36(41)31-53(55(44)47)60(56)59/h3-32H,1-2H3. The normalized spacial score (nSPS) is 12.5. The quantitative estimate of drug-likeness (QED) is 0.154. The molecule has 0 fully saturated rings. The summed E-state index contributed by atoms with van der Waals surface area (Å²) in [6.07, 6.45) is 0. The van der Waals surface area contributed by atoms with Gasteiger partial charge in [0.15, 0.2) is 0 Å². The fourth-order valence-corrected chi connectivity index (χ4v) is 11.6. The Morgan fingerprint density at radius 1 is 0.217 bits per heavy atom. The van der Waals surface area contributed by atoms with Crippen molar-refractivity contribution in [2.75, 3.05) is 0 Å². The van der Waals surface area contributed by atoms with Crippen LogP contribution in [0, 0.1) is 13.8 Å².